The molecular formula is C20H32O3. The fraction of sp³-hybridized carbons (Fsp3) is 0.550. The van der Waals surface area contributed by atoms with E-state index in [-0.39, 0.29) is 6.10 Å². The number of aliphatic hydroxyl groups is 1. The number of carboxylic acids is 1. The second kappa shape index (κ2) is 16.8. The van der Waals surface area contributed by atoms with Gasteiger partial charge in [-0.05, 0) is 25.7 Å². The molecule has 0 amide bonds. The predicted octanol–water partition coefficient (Wildman–Crippen LogP) is 5.19. The number of hydrogen-bond acceptors (Lipinski definition) is 2. The minimum atomic E-state index is -0.938. The molecule has 3 heteroatoms. The maximum atomic E-state index is 10.2. The largest absolute Gasteiger partial charge is 0.478 e. The zero-order valence-electron chi connectivity index (χ0n) is 14.4. The van der Waals surface area contributed by atoms with Crippen molar-refractivity contribution in [2.75, 3.05) is 0 Å². The Morgan fingerprint density at radius 1 is 0.870 bits per heavy atom. The molecule has 2 N–H and O–H groups in total. The van der Waals surface area contributed by atoms with Crippen LogP contribution in [0.2, 0.25) is 0 Å². The lowest BCUT2D eigenvalue weighted by Gasteiger charge is -2.09. The summed E-state index contributed by atoms with van der Waals surface area (Å²) in [5.74, 6) is -0.938. The van der Waals surface area contributed by atoms with E-state index >= 15 is 0 Å². The highest BCUT2D eigenvalue weighted by molar-refractivity contribution is 5.80. The maximum Gasteiger partial charge on any atom is 0.328 e. The Hall–Kier alpha value is -1.61. The summed E-state index contributed by atoms with van der Waals surface area (Å²) < 4.78 is 0. The first kappa shape index (κ1) is 21.4. The summed E-state index contributed by atoms with van der Waals surface area (Å²) >= 11 is 0. The van der Waals surface area contributed by atoms with Gasteiger partial charge in [0.15, 0.2) is 0 Å². The van der Waals surface area contributed by atoms with Gasteiger partial charge < -0.3 is 10.2 Å². The third kappa shape index (κ3) is 18.3. The van der Waals surface area contributed by atoms with Crippen LogP contribution in [0.3, 0.4) is 0 Å². The molecule has 0 aromatic heterocycles. The van der Waals surface area contributed by atoms with Crippen LogP contribution in [0.15, 0.2) is 48.6 Å². The zero-order valence-corrected chi connectivity index (χ0v) is 14.4. The number of rotatable bonds is 14. The predicted molar refractivity (Wildman–Crippen MR) is 97.4 cm³/mol. The normalized spacial score (nSPS) is 13.8. The van der Waals surface area contributed by atoms with Gasteiger partial charge in [0, 0.05) is 6.08 Å². The molecule has 0 aliphatic heterocycles. The minimum absolute atomic E-state index is 0.109. The molecule has 0 aliphatic rings. The molecule has 0 saturated carbocycles. The standard InChI is InChI=1S/C20H32O3/c1-2-3-13-16-19(21)17-14-11-9-7-5-4-6-8-10-12-15-18-20(22)23/h4-6,8,10,12,15,18-19,21H,2-3,7,9,11,13-14,16-17H2,1H3,(H,22,23)/b5-4?,8-6?,12-10+,18-15-. The van der Waals surface area contributed by atoms with E-state index in [0.29, 0.717) is 0 Å². The Morgan fingerprint density at radius 2 is 1.48 bits per heavy atom. The summed E-state index contributed by atoms with van der Waals surface area (Å²) in [6.07, 6.45) is 23.9. The number of aliphatic hydroxyl groups excluding tert-OH is 1. The fourth-order valence-electron chi connectivity index (χ4n) is 2.16. The lowest BCUT2D eigenvalue weighted by molar-refractivity contribution is -0.131. The van der Waals surface area contributed by atoms with Crippen LogP contribution in [-0.4, -0.2) is 22.3 Å². The third-order valence-electron chi connectivity index (χ3n) is 3.48. The molecule has 1 atom stereocenters. The molecule has 0 bridgehead atoms. The Labute approximate surface area is 141 Å². The smallest absolute Gasteiger partial charge is 0.328 e. The number of unbranched alkanes of at least 4 members (excludes halogenated alkanes) is 5. The third-order valence-corrected chi connectivity index (χ3v) is 3.48. The Bertz CT molecular complexity index is 392. The Kier molecular flexibility index (Phi) is 15.6. The van der Waals surface area contributed by atoms with Crippen LogP contribution >= 0.6 is 0 Å². The number of hydrogen-bond donors (Lipinski definition) is 2. The number of carbonyl (C=O) groups is 1. The van der Waals surface area contributed by atoms with Crippen LogP contribution in [0.4, 0.5) is 0 Å². The van der Waals surface area contributed by atoms with Gasteiger partial charge in [0.25, 0.3) is 0 Å². The second-order valence-corrected chi connectivity index (χ2v) is 5.68. The first-order valence-electron chi connectivity index (χ1n) is 8.74. The summed E-state index contributed by atoms with van der Waals surface area (Å²) in [7, 11) is 0. The van der Waals surface area contributed by atoms with Crippen molar-refractivity contribution < 1.29 is 15.0 Å². The van der Waals surface area contributed by atoms with Gasteiger partial charge in [-0.25, -0.2) is 4.79 Å². The van der Waals surface area contributed by atoms with E-state index in [2.05, 4.69) is 13.0 Å². The van der Waals surface area contributed by atoms with Crippen LogP contribution in [0.25, 0.3) is 0 Å². The van der Waals surface area contributed by atoms with Crippen LogP contribution in [-0.2, 0) is 4.79 Å². The van der Waals surface area contributed by atoms with Crippen molar-refractivity contribution in [1.82, 2.24) is 0 Å². The van der Waals surface area contributed by atoms with E-state index in [4.69, 9.17) is 5.11 Å². The van der Waals surface area contributed by atoms with Crippen molar-refractivity contribution in [2.24, 2.45) is 0 Å². The molecule has 3 nitrogen and oxygen atoms in total. The van der Waals surface area contributed by atoms with Crippen molar-refractivity contribution in [3.8, 4) is 0 Å². The van der Waals surface area contributed by atoms with Gasteiger partial charge in [-0.1, -0.05) is 81.6 Å². The number of carboxylic acid groups (broad SMARTS) is 1. The molecule has 0 aromatic rings. The van der Waals surface area contributed by atoms with Crippen LogP contribution in [0.5, 0.6) is 0 Å². The molecule has 1 unspecified atom stereocenters. The molecule has 0 rings (SSSR count). The number of allylic oxidation sites excluding steroid dienone is 7. The van der Waals surface area contributed by atoms with E-state index < -0.39 is 5.97 Å². The first-order valence-corrected chi connectivity index (χ1v) is 8.74. The Morgan fingerprint density at radius 3 is 2.13 bits per heavy atom. The van der Waals surface area contributed by atoms with Crippen LogP contribution in [0.1, 0.15) is 64.7 Å². The van der Waals surface area contributed by atoms with E-state index in [1.807, 2.05) is 18.2 Å². The van der Waals surface area contributed by atoms with Crippen molar-refractivity contribution in [2.45, 2.75) is 70.8 Å². The molecule has 0 heterocycles. The lowest BCUT2D eigenvalue weighted by atomic mass is 10.0. The summed E-state index contributed by atoms with van der Waals surface area (Å²) in [5.41, 5.74) is 0. The van der Waals surface area contributed by atoms with Gasteiger partial charge in [0.1, 0.15) is 0 Å². The fourth-order valence-corrected chi connectivity index (χ4v) is 2.16. The lowest BCUT2D eigenvalue weighted by Crippen LogP contribution is -2.05. The SMILES string of the molecule is CCCCCC(O)CCCCCC=CC=C/C=C/C=C\C(=O)O. The average Bonchev–Trinajstić information content (AvgIpc) is 2.51. The van der Waals surface area contributed by atoms with Crippen LogP contribution in [0, 0.1) is 0 Å². The number of aliphatic carboxylic acids is 1. The zero-order chi connectivity index (χ0) is 17.2. The molecule has 130 valence electrons. The second-order valence-electron chi connectivity index (χ2n) is 5.68. The topological polar surface area (TPSA) is 57.5 Å². The van der Waals surface area contributed by atoms with Crippen molar-refractivity contribution in [3.05, 3.63) is 48.6 Å². The molecule has 0 aromatic carbocycles. The van der Waals surface area contributed by atoms with Gasteiger partial charge in [0.05, 0.1) is 6.10 Å². The van der Waals surface area contributed by atoms with E-state index in [9.17, 15) is 9.90 Å². The van der Waals surface area contributed by atoms with E-state index in [1.165, 1.54) is 25.3 Å². The molecule has 0 aliphatic carbocycles. The molecule has 0 radical (unpaired) electrons. The van der Waals surface area contributed by atoms with E-state index in [1.54, 1.807) is 12.2 Å². The molecule has 0 fully saturated rings. The first-order chi connectivity index (χ1) is 11.2. The highest BCUT2D eigenvalue weighted by Gasteiger charge is 2.02. The van der Waals surface area contributed by atoms with Gasteiger partial charge in [-0.15, -0.1) is 0 Å². The van der Waals surface area contributed by atoms with Gasteiger partial charge in [0.2, 0.25) is 0 Å². The van der Waals surface area contributed by atoms with E-state index in [0.717, 1.165) is 44.6 Å². The summed E-state index contributed by atoms with van der Waals surface area (Å²) in [4.78, 5) is 10.2. The molecular weight excluding hydrogens is 288 g/mol. The summed E-state index contributed by atoms with van der Waals surface area (Å²) in [5, 5.41) is 18.2. The quantitative estimate of drug-likeness (QED) is 0.263. The molecule has 0 spiro atoms. The van der Waals surface area contributed by atoms with Gasteiger partial charge in [-0.3, -0.25) is 0 Å². The minimum Gasteiger partial charge on any atom is -0.478 e. The molecule has 23 heavy (non-hydrogen) atoms. The summed E-state index contributed by atoms with van der Waals surface area (Å²) in [6.45, 7) is 2.18. The summed E-state index contributed by atoms with van der Waals surface area (Å²) in [6, 6.07) is 0. The Balaban J connectivity index is 3.48. The van der Waals surface area contributed by atoms with Gasteiger partial charge >= 0.3 is 5.97 Å². The highest BCUT2D eigenvalue weighted by Crippen LogP contribution is 2.11. The maximum absolute atomic E-state index is 10.2. The highest BCUT2D eigenvalue weighted by atomic mass is 16.4. The monoisotopic (exact) mass is 320 g/mol. The van der Waals surface area contributed by atoms with Crippen molar-refractivity contribution in [1.29, 1.82) is 0 Å². The van der Waals surface area contributed by atoms with Crippen LogP contribution < -0.4 is 0 Å². The average molecular weight is 320 g/mol. The van der Waals surface area contributed by atoms with Crippen molar-refractivity contribution in [3.63, 3.8) is 0 Å². The van der Waals surface area contributed by atoms with Gasteiger partial charge in [-0.2, -0.15) is 0 Å². The van der Waals surface area contributed by atoms with Crippen molar-refractivity contribution >= 4 is 5.97 Å². The molecule has 0 saturated heterocycles.